The van der Waals surface area contributed by atoms with Crippen LogP contribution in [0.25, 0.3) is 17.0 Å². The van der Waals surface area contributed by atoms with Gasteiger partial charge in [0.25, 0.3) is 5.69 Å². The fourth-order valence-corrected chi connectivity index (χ4v) is 2.14. The number of nitro groups is 1. The van der Waals surface area contributed by atoms with Crippen molar-refractivity contribution in [2.75, 3.05) is 5.32 Å². The highest BCUT2D eigenvalue weighted by Gasteiger charge is 2.12. The lowest BCUT2D eigenvalue weighted by atomic mass is 10.2. The quantitative estimate of drug-likeness (QED) is 0.444. The van der Waals surface area contributed by atoms with Crippen LogP contribution in [0.3, 0.4) is 0 Å². The van der Waals surface area contributed by atoms with Gasteiger partial charge in [-0.3, -0.25) is 14.9 Å². The maximum atomic E-state index is 13.6. The minimum absolute atomic E-state index is 0.261. The number of benzene rings is 2. The van der Waals surface area contributed by atoms with Gasteiger partial charge >= 0.3 is 0 Å². The molecule has 0 aliphatic rings. The average Bonchev–Trinajstić information content (AvgIpc) is 2.97. The molecule has 0 aliphatic heterocycles. The van der Waals surface area contributed by atoms with Gasteiger partial charge in [0.2, 0.25) is 5.91 Å². The van der Waals surface area contributed by atoms with Crippen molar-refractivity contribution in [3.05, 3.63) is 76.3 Å². The van der Waals surface area contributed by atoms with Crippen LogP contribution < -0.4 is 5.32 Å². The summed E-state index contributed by atoms with van der Waals surface area (Å²) in [6.07, 6.45) is 2.60. The van der Waals surface area contributed by atoms with E-state index >= 15 is 0 Å². The van der Waals surface area contributed by atoms with Crippen molar-refractivity contribution in [3.8, 4) is 0 Å². The molecular formula is C17H11FN2O4. The molecule has 3 rings (SSSR count). The monoisotopic (exact) mass is 326 g/mol. The Hall–Kier alpha value is -3.48. The number of hydrogen-bond acceptors (Lipinski definition) is 4. The maximum absolute atomic E-state index is 13.6. The van der Waals surface area contributed by atoms with E-state index in [1.165, 1.54) is 6.08 Å². The highest BCUT2D eigenvalue weighted by Crippen LogP contribution is 2.22. The Kier molecular flexibility index (Phi) is 4.07. The lowest BCUT2D eigenvalue weighted by molar-refractivity contribution is -0.384. The van der Waals surface area contributed by atoms with Crippen LogP contribution in [0, 0.1) is 15.9 Å². The van der Waals surface area contributed by atoms with Crippen LogP contribution >= 0.6 is 0 Å². The van der Waals surface area contributed by atoms with Gasteiger partial charge in [-0.05, 0) is 24.3 Å². The summed E-state index contributed by atoms with van der Waals surface area (Å²) in [6, 6.07) is 12.0. The molecule has 0 unspecified atom stereocenters. The summed E-state index contributed by atoms with van der Waals surface area (Å²) in [4.78, 5) is 21.9. The second-order valence-corrected chi connectivity index (χ2v) is 4.93. The van der Waals surface area contributed by atoms with Crippen LogP contribution in [0.5, 0.6) is 0 Å². The molecule has 2 aromatic carbocycles. The number of hydrogen-bond donors (Lipinski definition) is 1. The van der Waals surface area contributed by atoms with Crippen LogP contribution in [-0.4, -0.2) is 10.8 Å². The number of halogens is 1. The molecule has 120 valence electrons. The first-order valence-electron chi connectivity index (χ1n) is 6.94. The van der Waals surface area contributed by atoms with Crippen LogP contribution in [0.2, 0.25) is 0 Å². The first kappa shape index (κ1) is 15.4. The average molecular weight is 326 g/mol. The second-order valence-electron chi connectivity index (χ2n) is 4.93. The normalized spacial score (nSPS) is 11.0. The van der Waals surface area contributed by atoms with E-state index in [1.807, 2.05) is 18.2 Å². The van der Waals surface area contributed by atoms with Gasteiger partial charge < -0.3 is 9.73 Å². The third kappa shape index (κ3) is 3.30. The molecule has 0 spiro atoms. The van der Waals surface area contributed by atoms with Crippen molar-refractivity contribution in [1.29, 1.82) is 0 Å². The first-order valence-corrected chi connectivity index (χ1v) is 6.94. The molecule has 24 heavy (non-hydrogen) atoms. The Labute approximate surface area is 135 Å². The smallest absolute Gasteiger partial charge is 0.271 e. The molecule has 7 heteroatoms. The highest BCUT2D eigenvalue weighted by molar-refractivity contribution is 6.02. The summed E-state index contributed by atoms with van der Waals surface area (Å²) in [5.41, 5.74) is 0.110. The summed E-state index contributed by atoms with van der Waals surface area (Å²) in [5, 5.41) is 13.8. The van der Waals surface area contributed by atoms with E-state index in [4.69, 9.17) is 4.42 Å². The van der Waals surface area contributed by atoms with E-state index in [1.54, 1.807) is 12.1 Å². The van der Waals surface area contributed by atoms with Crippen molar-refractivity contribution in [1.82, 2.24) is 0 Å². The number of amides is 1. The Balaban J connectivity index is 1.75. The SMILES string of the molecule is O=C(/C=C/c1cc2ccccc2o1)Nc1cc([N+](=O)[O-])ccc1F. The number of furan rings is 1. The fraction of sp³-hybridized carbons (Fsp3) is 0. The summed E-state index contributed by atoms with van der Waals surface area (Å²) in [6.45, 7) is 0. The highest BCUT2D eigenvalue weighted by atomic mass is 19.1. The molecule has 3 aromatic rings. The number of carbonyl (C=O) groups is 1. The standard InChI is InChI=1S/C17H11FN2O4/c18-14-7-5-12(20(22)23)10-15(14)19-17(21)8-6-13-9-11-3-1-2-4-16(11)24-13/h1-10H,(H,19,21)/b8-6+. The molecule has 1 heterocycles. The molecule has 1 N–H and O–H groups in total. The number of para-hydroxylation sites is 1. The third-order valence-electron chi connectivity index (χ3n) is 3.26. The van der Waals surface area contributed by atoms with Crippen molar-refractivity contribution < 1.29 is 18.5 Å². The number of carbonyl (C=O) groups excluding carboxylic acids is 1. The van der Waals surface area contributed by atoms with E-state index in [-0.39, 0.29) is 11.4 Å². The van der Waals surface area contributed by atoms with Crippen LogP contribution in [0.4, 0.5) is 15.8 Å². The van der Waals surface area contributed by atoms with E-state index in [0.717, 1.165) is 29.7 Å². The van der Waals surface area contributed by atoms with Gasteiger partial charge in [-0.2, -0.15) is 0 Å². The van der Waals surface area contributed by atoms with Crippen LogP contribution in [0.1, 0.15) is 5.76 Å². The van der Waals surface area contributed by atoms with Crippen molar-refractivity contribution in [2.24, 2.45) is 0 Å². The van der Waals surface area contributed by atoms with Gasteiger partial charge in [0.05, 0.1) is 10.6 Å². The lowest BCUT2D eigenvalue weighted by Gasteiger charge is -2.03. The Morgan fingerprint density at radius 3 is 2.75 bits per heavy atom. The maximum Gasteiger partial charge on any atom is 0.271 e. The van der Waals surface area contributed by atoms with Gasteiger partial charge in [0, 0.05) is 23.6 Å². The minimum atomic E-state index is -0.758. The van der Waals surface area contributed by atoms with Crippen molar-refractivity contribution >= 4 is 34.3 Å². The van der Waals surface area contributed by atoms with Crippen LogP contribution in [0.15, 0.2) is 59.0 Å². The largest absolute Gasteiger partial charge is 0.457 e. The molecule has 1 aromatic heterocycles. The topological polar surface area (TPSA) is 85.4 Å². The summed E-state index contributed by atoms with van der Waals surface area (Å²) < 4.78 is 19.1. The molecule has 0 bridgehead atoms. The van der Waals surface area contributed by atoms with Gasteiger partial charge in [0.15, 0.2) is 0 Å². The minimum Gasteiger partial charge on any atom is -0.457 e. The predicted octanol–water partition coefficient (Wildman–Crippen LogP) is 4.13. The second kappa shape index (κ2) is 6.33. The third-order valence-corrected chi connectivity index (χ3v) is 3.26. The van der Waals surface area contributed by atoms with Crippen molar-refractivity contribution in [3.63, 3.8) is 0 Å². The first-order chi connectivity index (χ1) is 11.5. The van der Waals surface area contributed by atoms with E-state index in [9.17, 15) is 19.3 Å². The number of non-ortho nitro benzene ring substituents is 1. The van der Waals surface area contributed by atoms with Gasteiger partial charge in [0.1, 0.15) is 17.2 Å². The van der Waals surface area contributed by atoms with E-state index in [0.29, 0.717) is 11.3 Å². The molecule has 0 saturated carbocycles. The molecule has 0 aliphatic carbocycles. The van der Waals surface area contributed by atoms with Gasteiger partial charge in [-0.25, -0.2) is 4.39 Å². The number of nitrogens with one attached hydrogen (secondary N) is 1. The summed E-state index contributed by atoms with van der Waals surface area (Å²) in [7, 11) is 0. The number of anilines is 1. The van der Waals surface area contributed by atoms with Gasteiger partial charge in [-0.15, -0.1) is 0 Å². The molecular weight excluding hydrogens is 315 g/mol. The molecule has 0 radical (unpaired) electrons. The zero-order chi connectivity index (χ0) is 17.1. The summed E-state index contributed by atoms with van der Waals surface area (Å²) >= 11 is 0. The number of fused-ring (bicyclic) bond motifs is 1. The predicted molar refractivity (Wildman–Crippen MR) is 86.9 cm³/mol. The number of nitro benzene ring substituents is 1. The summed E-state index contributed by atoms with van der Waals surface area (Å²) in [5.74, 6) is -0.924. The molecule has 0 atom stereocenters. The van der Waals surface area contributed by atoms with E-state index in [2.05, 4.69) is 5.32 Å². The number of rotatable bonds is 4. The Bertz CT molecular complexity index is 929. The lowest BCUT2D eigenvalue weighted by Crippen LogP contribution is -2.09. The number of nitrogens with zero attached hydrogens (tertiary/aromatic N) is 1. The Morgan fingerprint density at radius 2 is 2.00 bits per heavy atom. The zero-order valence-corrected chi connectivity index (χ0v) is 12.2. The zero-order valence-electron chi connectivity index (χ0n) is 12.2. The molecule has 6 nitrogen and oxygen atoms in total. The Morgan fingerprint density at radius 1 is 1.21 bits per heavy atom. The molecule has 0 saturated heterocycles. The fourth-order valence-electron chi connectivity index (χ4n) is 2.14. The molecule has 0 fully saturated rings. The van der Waals surface area contributed by atoms with Crippen molar-refractivity contribution in [2.45, 2.75) is 0 Å². The molecule has 1 amide bonds. The van der Waals surface area contributed by atoms with Crippen LogP contribution in [-0.2, 0) is 4.79 Å². The van der Waals surface area contributed by atoms with Gasteiger partial charge in [-0.1, -0.05) is 18.2 Å². The van der Waals surface area contributed by atoms with E-state index < -0.39 is 16.6 Å².